The van der Waals surface area contributed by atoms with Gasteiger partial charge in [-0.05, 0) is 31.7 Å². The van der Waals surface area contributed by atoms with Crippen LogP contribution in [-0.2, 0) is 11.3 Å². The molecule has 5 heteroatoms. The molecule has 0 aromatic heterocycles. The van der Waals surface area contributed by atoms with Crippen molar-refractivity contribution in [2.24, 2.45) is 5.92 Å². The molecule has 1 amide bonds. The SMILES string of the molecule is CCOc1ccc(CN(C)C(=O)C(C)CNC)cc1.Cl. The molecule has 0 aliphatic heterocycles. The zero-order chi connectivity index (χ0) is 14.3. The third-order valence-electron chi connectivity index (χ3n) is 2.96. The van der Waals surface area contributed by atoms with Gasteiger partial charge in [0.15, 0.2) is 0 Å². The zero-order valence-electron chi connectivity index (χ0n) is 12.7. The van der Waals surface area contributed by atoms with E-state index in [4.69, 9.17) is 4.74 Å². The maximum absolute atomic E-state index is 12.1. The van der Waals surface area contributed by atoms with Gasteiger partial charge in [-0.3, -0.25) is 4.79 Å². The highest BCUT2D eigenvalue weighted by Crippen LogP contribution is 2.14. The summed E-state index contributed by atoms with van der Waals surface area (Å²) in [6.45, 7) is 5.89. The highest BCUT2D eigenvalue weighted by Gasteiger charge is 2.16. The van der Waals surface area contributed by atoms with Gasteiger partial charge in [0, 0.05) is 26.1 Å². The van der Waals surface area contributed by atoms with Crippen LogP contribution >= 0.6 is 12.4 Å². The number of carbonyl (C=O) groups is 1. The molecular formula is C15H25ClN2O2. The Morgan fingerprint density at radius 3 is 2.45 bits per heavy atom. The van der Waals surface area contributed by atoms with E-state index in [1.807, 2.05) is 52.2 Å². The van der Waals surface area contributed by atoms with Gasteiger partial charge in [0.05, 0.1) is 6.61 Å². The van der Waals surface area contributed by atoms with Crippen LogP contribution in [0.2, 0.25) is 0 Å². The van der Waals surface area contributed by atoms with Crippen LogP contribution in [0.3, 0.4) is 0 Å². The second kappa shape index (κ2) is 9.61. The lowest BCUT2D eigenvalue weighted by atomic mass is 10.1. The molecule has 20 heavy (non-hydrogen) atoms. The van der Waals surface area contributed by atoms with E-state index in [-0.39, 0.29) is 24.2 Å². The fraction of sp³-hybridized carbons (Fsp3) is 0.533. The largest absolute Gasteiger partial charge is 0.494 e. The second-order valence-electron chi connectivity index (χ2n) is 4.73. The van der Waals surface area contributed by atoms with Gasteiger partial charge in [0.2, 0.25) is 5.91 Å². The van der Waals surface area contributed by atoms with Crippen molar-refractivity contribution in [3.05, 3.63) is 29.8 Å². The Morgan fingerprint density at radius 1 is 1.35 bits per heavy atom. The molecule has 1 N–H and O–H groups in total. The lowest BCUT2D eigenvalue weighted by Gasteiger charge is -2.21. The maximum atomic E-state index is 12.1. The van der Waals surface area contributed by atoms with E-state index < -0.39 is 0 Å². The molecule has 1 unspecified atom stereocenters. The number of halogens is 1. The fourth-order valence-electron chi connectivity index (χ4n) is 1.98. The predicted octanol–water partition coefficient (Wildman–Crippen LogP) is 2.32. The minimum atomic E-state index is -0.00213. The van der Waals surface area contributed by atoms with Crippen LogP contribution in [0.5, 0.6) is 5.75 Å². The molecule has 0 aliphatic rings. The van der Waals surface area contributed by atoms with E-state index in [2.05, 4.69) is 5.32 Å². The van der Waals surface area contributed by atoms with Gasteiger partial charge < -0.3 is 15.0 Å². The van der Waals surface area contributed by atoms with E-state index in [0.29, 0.717) is 19.7 Å². The summed E-state index contributed by atoms with van der Waals surface area (Å²) in [5, 5.41) is 3.02. The number of carbonyl (C=O) groups excluding carboxylic acids is 1. The van der Waals surface area contributed by atoms with E-state index in [0.717, 1.165) is 11.3 Å². The molecule has 0 spiro atoms. The number of hydrogen-bond donors (Lipinski definition) is 1. The van der Waals surface area contributed by atoms with Crippen molar-refractivity contribution in [2.45, 2.75) is 20.4 Å². The Bertz CT molecular complexity index is 395. The number of nitrogens with one attached hydrogen (secondary N) is 1. The molecule has 0 bridgehead atoms. The van der Waals surface area contributed by atoms with Crippen molar-refractivity contribution >= 4 is 18.3 Å². The monoisotopic (exact) mass is 300 g/mol. The second-order valence-corrected chi connectivity index (χ2v) is 4.73. The lowest BCUT2D eigenvalue weighted by Crippen LogP contribution is -2.35. The fourth-order valence-corrected chi connectivity index (χ4v) is 1.98. The first-order valence-corrected chi connectivity index (χ1v) is 6.69. The Labute approximate surface area is 127 Å². The van der Waals surface area contributed by atoms with Crippen LogP contribution in [0.25, 0.3) is 0 Å². The van der Waals surface area contributed by atoms with Crippen LogP contribution < -0.4 is 10.1 Å². The number of hydrogen-bond acceptors (Lipinski definition) is 3. The van der Waals surface area contributed by atoms with E-state index in [1.54, 1.807) is 4.90 Å². The topological polar surface area (TPSA) is 41.6 Å². The minimum absolute atomic E-state index is 0. The quantitative estimate of drug-likeness (QED) is 0.840. The molecule has 1 atom stereocenters. The average molecular weight is 301 g/mol. The number of rotatable bonds is 7. The van der Waals surface area contributed by atoms with Crippen molar-refractivity contribution in [3.63, 3.8) is 0 Å². The minimum Gasteiger partial charge on any atom is -0.494 e. The summed E-state index contributed by atoms with van der Waals surface area (Å²) in [4.78, 5) is 13.8. The van der Waals surface area contributed by atoms with Crippen molar-refractivity contribution in [1.82, 2.24) is 10.2 Å². The summed E-state index contributed by atoms with van der Waals surface area (Å²) in [6.07, 6.45) is 0. The van der Waals surface area contributed by atoms with Gasteiger partial charge in [0.1, 0.15) is 5.75 Å². The molecule has 0 fully saturated rings. The first-order valence-electron chi connectivity index (χ1n) is 6.69. The summed E-state index contributed by atoms with van der Waals surface area (Å²) in [5.41, 5.74) is 1.11. The molecule has 4 nitrogen and oxygen atoms in total. The number of nitrogens with zero attached hydrogens (tertiary/aromatic N) is 1. The number of benzene rings is 1. The molecule has 0 heterocycles. The van der Waals surface area contributed by atoms with Gasteiger partial charge >= 0.3 is 0 Å². The Kier molecular flexibility index (Phi) is 9.01. The summed E-state index contributed by atoms with van der Waals surface area (Å²) in [5.74, 6) is 1.02. The summed E-state index contributed by atoms with van der Waals surface area (Å²) in [7, 11) is 3.70. The molecule has 0 radical (unpaired) electrons. The predicted molar refractivity (Wildman–Crippen MR) is 84.4 cm³/mol. The van der Waals surface area contributed by atoms with Crippen LogP contribution in [0.4, 0.5) is 0 Å². The Morgan fingerprint density at radius 2 is 1.95 bits per heavy atom. The molecule has 0 saturated carbocycles. The molecule has 1 rings (SSSR count). The van der Waals surface area contributed by atoms with Crippen LogP contribution in [0.15, 0.2) is 24.3 Å². The van der Waals surface area contributed by atoms with Crippen molar-refractivity contribution in [1.29, 1.82) is 0 Å². The van der Waals surface area contributed by atoms with E-state index in [1.165, 1.54) is 0 Å². The van der Waals surface area contributed by atoms with Gasteiger partial charge in [-0.25, -0.2) is 0 Å². The van der Waals surface area contributed by atoms with Gasteiger partial charge in [-0.1, -0.05) is 19.1 Å². The van der Waals surface area contributed by atoms with Gasteiger partial charge in [0.25, 0.3) is 0 Å². The number of ether oxygens (including phenoxy) is 1. The van der Waals surface area contributed by atoms with Crippen molar-refractivity contribution in [3.8, 4) is 5.75 Å². The summed E-state index contributed by atoms with van der Waals surface area (Å²) >= 11 is 0. The smallest absolute Gasteiger partial charge is 0.226 e. The van der Waals surface area contributed by atoms with Crippen LogP contribution in [-0.4, -0.2) is 38.1 Å². The van der Waals surface area contributed by atoms with E-state index in [9.17, 15) is 4.79 Å². The van der Waals surface area contributed by atoms with Crippen LogP contribution in [0, 0.1) is 5.92 Å². The molecule has 0 aliphatic carbocycles. The molecule has 114 valence electrons. The van der Waals surface area contributed by atoms with Crippen molar-refractivity contribution in [2.75, 3.05) is 27.2 Å². The maximum Gasteiger partial charge on any atom is 0.226 e. The summed E-state index contributed by atoms with van der Waals surface area (Å²) in [6, 6.07) is 7.87. The average Bonchev–Trinajstić information content (AvgIpc) is 2.40. The van der Waals surface area contributed by atoms with Gasteiger partial charge in [-0.2, -0.15) is 0 Å². The van der Waals surface area contributed by atoms with Crippen molar-refractivity contribution < 1.29 is 9.53 Å². The lowest BCUT2D eigenvalue weighted by molar-refractivity contribution is -0.134. The molecular weight excluding hydrogens is 276 g/mol. The Hall–Kier alpha value is -1.26. The summed E-state index contributed by atoms with van der Waals surface area (Å²) < 4.78 is 5.39. The van der Waals surface area contributed by atoms with E-state index >= 15 is 0 Å². The van der Waals surface area contributed by atoms with Crippen LogP contribution in [0.1, 0.15) is 19.4 Å². The standard InChI is InChI=1S/C15H24N2O2.ClH/c1-5-19-14-8-6-13(7-9-14)11-17(4)15(18)12(2)10-16-3;/h6-9,12,16H,5,10-11H2,1-4H3;1H. The molecule has 1 aromatic rings. The molecule has 0 saturated heterocycles. The third kappa shape index (κ3) is 5.80. The first-order chi connectivity index (χ1) is 9.08. The first kappa shape index (κ1) is 18.7. The van der Waals surface area contributed by atoms with Gasteiger partial charge in [-0.15, -0.1) is 12.4 Å². The number of amides is 1. The Balaban J connectivity index is 0.00000361. The highest BCUT2D eigenvalue weighted by atomic mass is 35.5. The normalized spacial score (nSPS) is 11.4. The zero-order valence-corrected chi connectivity index (χ0v) is 13.5. The third-order valence-corrected chi connectivity index (χ3v) is 2.96. The molecule has 1 aromatic carbocycles. The highest BCUT2D eigenvalue weighted by molar-refractivity contribution is 5.85.